The first-order chi connectivity index (χ1) is 13.7. The number of anilines is 2. The summed E-state index contributed by atoms with van der Waals surface area (Å²) < 4.78 is 38.6. The van der Waals surface area contributed by atoms with Crippen LogP contribution in [0, 0.1) is 18.3 Å². The maximum absolute atomic E-state index is 12.9. The van der Waals surface area contributed by atoms with E-state index in [1.807, 2.05) is 6.92 Å². The summed E-state index contributed by atoms with van der Waals surface area (Å²) in [6.45, 7) is 1.88. The molecular formula is C20H14F3N3O2S. The quantitative estimate of drug-likeness (QED) is 0.591. The largest absolute Gasteiger partial charge is 0.416 e. The highest BCUT2D eigenvalue weighted by Crippen LogP contribution is 2.36. The van der Waals surface area contributed by atoms with Gasteiger partial charge in [0.2, 0.25) is 5.91 Å². The monoisotopic (exact) mass is 417 g/mol. The molecule has 0 aromatic heterocycles. The number of nitriles is 1. The van der Waals surface area contributed by atoms with Gasteiger partial charge in [-0.1, -0.05) is 35.5 Å². The third-order valence-electron chi connectivity index (χ3n) is 4.08. The highest BCUT2D eigenvalue weighted by molar-refractivity contribution is 8.04. The Morgan fingerprint density at radius 3 is 2.52 bits per heavy atom. The number of nitrogens with one attached hydrogen (secondary N) is 1. The Labute approximate surface area is 168 Å². The Hall–Kier alpha value is -3.25. The third-order valence-corrected chi connectivity index (χ3v) is 5.13. The number of rotatable bonds is 3. The number of benzene rings is 2. The second-order valence-corrected chi connectivity index (χ2v) is 7.14. The second kappa shape index (κ2) is 8.01. The summed E-state index contributed by atoms with van der Waals surface area (Å²) in [5.41, 5.74) is 0.1000. The lowest BCUT2D eigenvalue weighted by molar-refractivity contribution is -0.137. The first kappa shape index (κ1) is 20.5. The Morgan fingerprint density at radius 1 is 1.21 bits per heavy atom. The van der Waals surface area contributed by atoms with Crippen molar-refractivity contribution in [2.45, 2.75) is 13.1 Å². The number of aryl methyl sites for hydroxylation is 1. The number of nitrogens with zero attached hydrogens (tertiary/aromatic N) is 2. The zero-order valence-corrected chi connectivity index (χ0v) is 15.9. The first-order valence-electron chi connectivity index (χ1n) is 8.36. The molecular weight excluding hydrogens is 403 g/mol. The highest BCUT2D eigenvalue weighted by atomic mass is 32.2. The molecule has 9 heteroatoms. The topological polar surface area (TPSA) is 73.2 Å². The van der Waals surface area contributed by atoms with E-state index in [0.29, 0.717) is 5.69 Å². The second-order valence-electron chi connectivity index (χ2n) is 6.18. The van der Waals surface area contributed by atoms with Gasteiger partial charge in [-0.2, -0.15) is 18.4 Å². The van der Waals surface area contributed by atoms with Crippen LogP contribution in [-0.4, -0.2) is 17.6 Å². The Bertz CT molecular complexity index is 1040. The minimum Gasteiger partial charge on any atom is -0.321 e. The van der Waals surface area contributed by atoms with Crippen LogP contribution >= 0.6 is 11.8 Å². The smallest absolute Gasteiger partial charge is 0.321 e. The molecule has 2 aromatic rings. The van der Waals surface area contributed by atoms with Crippen molar-refractivity contribution in [1.29, 1.82) is 5.26 Å². The number of hydrogen-bond acceptors (Lipinski definition) is 4. The molecule has 5 nitrogen and oxygen atoms in total. The summed E-state index contributed by atoms with van der Waals surface area (Å²) in [7, 11) is 0. The van der Waals surface area contributed by atoms with Crippen LogP contribution in [0.15, 0.2) is 59.1 Å². The summed E-state index contributed by atoms with van der Waals surface area (Å²) in [6.07, 6.45) is -4.56. The van der Waals surface area contributed by atoms with E-state index >= 15 is 0 Å². The maximum atomic E-state index is 12.9. The first-order valence-corrected chi connectivity index (χ1v) is 9.34. The normalized spacial score (nSPS) is 15.8. The van der Waals surface area contributed by atoms with Crippen LogP contribution in [0.5, 0.6) is 0 Å². The summed E-state index contributed by atoms with van der Waals surface area (Å²) >= 11 is 1.03. The number of hydrogen-bond donors (Lipinski definition) is 1. The van der Waals surface area contributed by atoms with Crippen molar-refractivity contribution in [1.82, 2.24) is 0 Å². The lowest BCUT2D eigenvalue weighted by Crippen LogP contribution is -2.27. The summed E-state index contributed by atoms with van der Waals surface area (Å²) in [6, 6.07) is 12.8. The van der Waals surface area contributed by atoms with E-state index in [2.05, 4.69) is 5.32 Å². The van der Waals surface area contributed by atoms with E-state index in [9.17, 15) is 28.0 Å². The molecule has 1 aliphatic heterocycles. The van der Waals surface area contributed by atoms with Gasteiger partial charge >= 0.3 is 6.18 Å². The molecule has 0 spiro atoms. The number of carbonyl (C=O) groups excluding carboxylic acids is 2. The predicted octanol–water partition coefficient (Wildman–Crippen LogP) is 4.47. The van der Waals surface area contributed by atoms with Crippen molar-refractivity contribution < 1.29 is 22.8 Å². The van der Waals surface area contributed by atoms with Crippen LogP contribution in [0.4, 0.5) is 24.5 Å². The standard InChI is InChI=1S/C20H14F3N3O2S/c1-12-5-7-15(8-6-12)26-17(27)11-29-19(26)16(10-24)18(28)25-14-4-2-3-13(9-14)20(21,22)23/h2-9H,11H2,1H3,(H,25,28)/b19-16-. The highest BCUT2D eigenvalue weighted by Gasteiger charge is 2.34. The number of amides is 2. The molecule has 2 aromatic carbocycles. The fourth-order valence-corrected chi connectivity index (χ4v) is 3.68. The van der Waals surface area contributed by atoms with Gasteiger partial charge in [0, 0.05) is 11.4 Å². The molecule has 0 bridgehead atoms. The summed E-state index contributed by atoms with van der Waals surface area (Å²) in [4.78, 5) is 26.2. The average molecular weight is 417 g/mol. The summed E-state index contributed by atoms with van der Waals surface area (Å²) in [5.74, 6) is -1.14. The fraction of sp³-hybridized carbons (Fsp3) is 0.150. The molecule has 1 heterocycles. The molecule has 1 fully saturated rings. The Balaban J connectivity index is 1.94. The third kappa shape index (κ3) is 4.43. The molecule has 0 atom stereocenters. The van der Waals surface area contributed by atoms with Crippen LogP contribution in [0.1, 0.15) is 11.1 Å². The van der Waals surface area contributed by atoms with Crippen LogP contribution < -0.4 is 10.2 Å². The minimum atomic E-state index is -4.56. The van der Waals surface area contributed by atoms with Gasteiger partial charge in [0.25, 0.3) is 5.91 Å². The number of halogens is 3. The van der Waals surface area contributed by atoms with Gasteiger partial charge in [-0.15, -0.1) is 0 Å². The zero-order chi connectivity index (χ0) is 21.2. The van der Waals surface area contributed by atoms with Crippen LogP contribution in [0.3, 0.4) is 0 Å². The van der Waals surface area contributed by atoms with E-state index in [1.165, 1.54) is 11.0 Å². The lowest BCUT2D eigenvalue weighted by atomic mass is 10.2. The summed E-state index contributed by atoms with van der Waals surface area (Å²) in [5, 5.41) is 12.0. The zero-order valence-electron chi connectivity index (χ0n) is 15.1. The number of alkyl halides is 3. The number of carbonyl (C=O) groups is 2. The van der Waals surface area contributed by atoms with Crippen molar-refractivity contribution in [2.24, 2.45) is 0 Å². The molecule has 3 rings (SSSR count). The molecule has 0 unspecified atom stereocenters. The Morgan fingerprint density at radius 2 is 1.90 bits per heavy atom. The molecule has 148 valence electrons. The maximum Gasteiger partial charge on any atom is 0.416 e. The van der Waals surface area contributed by atoms with Gasteiger partial charge in [0.1, 0.15) is 16.7 Å². The number of thioether (sulfide) groups is 1. The van der Waals surface area contributed by atoms with Gasteiger partial charge in [0.15, 0.2) is 0 Å². The van der Waals surface area contributed by atoms with Crippen molar-refractivity contribution >= 4 is 35.0 Å². The molecule has 1 aliphatic rings. The van der Waals surface area contributed by atoms with E-state index in [-0.39, 0.29) is 27.9 Å². The lowest BCUT2D eigenvalue weighted by Gasteiger charge is -2.18. The molecule has 2 amide bonds. The van der Waals surface area contributed by atoms with E-state index < -0.39 is 17.6 Å². The van der Waals surface area contributed by atoms with Crippen LogP contribution in [0.2, 0.25) is 0 Å². The van der Waals surface area contributed by atoms with Gasteiger partial charge in [-0.25, -0.2) is 0 Å². The average Bonchev–Trinajstić information content (AvgIpc) is 3.04. The van der Waals surface area contributed by atoms with E-state index in [4.69, 9.17) is 0 Å². The van der Waals surface area contributed by atoms with Crippen LogP contribution in [-0.2, 0) is 15.8 Å². The molecule has 0 radical (unpaired) electrons. The van der Waals surface area contributed by atoms with Gasteiger partial charge in [-0.05, 0) is 37.3 Å². The molecule has 29 heavy (non-hydrogen) atoms. The van der Waals surface area contributed by atoms with E-state index in [1.54, 1.807) is 30.3 Å². The van der Waals surface area contributed by atoms with E-state index in [0.717, 1.165) is 35.5 Å². The minimum absolute atomic E-state index is 0.0469. The van der Waals surface area contributed by atoms with Crippen molar-refractivity contribution in [3.05, 3.63) is 70.3 Å². The fourth-order valence-electron chi connectivity index (χ4n) is 2.67. The van der Waals surface area contributed by atoms with Gasteiger partial charge in [0.05, 0.1) is 11.3 Å². The molecule has 1 N–H and O–H groups in total. The Kier molecular flexibility index (Phi) is 5.66. The van der Waals surface area contributed by atoms with Crippen molar-refractivity contribution in [3.8, 4) is 6.07 Å². The van der Waals surface area contributed by atoms with Gasteiger partial charge in [-0.3, -0.25) is 14.5 Å². The van der Waals surface area contributed by atoms with Crippen LogP contribution in [0.25, 0.3) is 0 Å². The molecule has 0 aliphatic carbocycles. The molecule has 1 saturated heterocycles. The molecule has 0 saturated carbocycles. The van der Waals surface area contributed by atoms with Crippen molar-refractivity contribution in [3.63, 3.8) is 0 Å². The van der Waals surface area contributed by atoms with Crippen molar-refractivity contribution in [2.75, 3.05) is 16.0 Å². The predicted molar refractivity (Wildman–Crippen MR) is 104 cm³/mol. The SMILES string of the molecule is Cc1ccc(N2C(=O)CS/C2=C(/C#N)C(=O)Nc2cccc(C(F)(F)F)c2)cc1. The van der Waals surface area contributed by atoms with Gasteiger partial charge < -0.3 is 5.32 Å².